The Morgan fingerprint density at radius 3 is 2.41 bits per heavy atom. The number of carbonyl (C=O) groups excluding carboxylic acids is 3. The second-order valence-corrected chi connectivity index (χ2v) is 12.0. The predicted molar refractivity (Wildman–Crippen MR) is 165 cm³/mol. The Morgan fingerprint density at radius 1 is 1.00 bits per heavy atom. The Morgan fingerprint density at radius 2 is 1.73 bits per heavy atom. The van der Waals surface area contributed by atoms with E-state index < -0.39 is 17.1 Å². The maximum absolute atomic E-state index is 12.9. The molecule has 0 saturated carbocycles. The number of benzene rings is 3. The normalized spacial score (nSPS) is 14.4. The molecule has 0 atom stereocenters. The number of aryl methyl sites for hydroxylation is 3. The zero-order valence-electron chi connectivity index (χ0n) is 20.4. The van der Waals surface area contributed by atoms with Gasteiger partial charge in [-0.05, 0) is 130 Å². The first-order valence-electron chi connectivity index (χ1n) is 11.4. The lowest BCUT2D eigenvalue weighted by Crippen LogP contribution is -2.36. The highest BCUT2D eigenvalue weighted by atomic mass is 127. The number of halogens is 2. The minimum absolute atomic E-state index is 0.281. The summed E-state index contributed by atoms with van der Waals surface area (Å²) in [6, 6.07) is 17.6. The SMILES string of the molecule is Cc1cccc(COc2c(I)cc(/C=C3/SC(=O)N(CC(=O)Nc4ccc(C)c(C)c4)C3=O)cc2I)c1. The average Bonchev–Trinajstić information content (AvgIpc) is 3.08. The fraction of sp³-hybridized carbons (Fsp3) is 0.179. The minimum atomic E-state index is -0.477. The van der Waals surface area contributed by atoms with Crippen LogP contribution in [0.25, 0.3) is 6.08 Å². The molecule has 0 aliphatic carbocycles. The smallest absolute Gasteiger partial charge is 0.294 e. The Labute approximate surface area is 247 Å². The summed E-state index contributed by atoms with van der Waals surface area (Å²) in [7, 11) is 0. The summed E-state index contributed by atoms with van der Waals surface area (Å²) in [5.41, 5.74) is 5.83. The highest BCUT2D eigenvalue weighted by molar-refractivity contribution is 14.1. The number of hydrogen-bond acceptors (Lipinski definition) is 5. The van der Waals surface area contributed by atoms with E-state index >= 15 is 0 Å². The molecule has 3 amide bonds. The van der Waals surface area contributed by atoms with Crippen LogP contribution in [0.1, 0.15) is 27.8 Å². The van der Waals surface area contributed by atoms with Crippen LogP contribution < -0.4 is 10.1 Å². The van der Waals surface area contributed by atoms with Crippen molar-refractivity contribution in [2.45, 2.75) is 27.4 Å². The van der Waals surface area contributed by atoms with Crippen LogP contribution in [-0.2, 0) is 16.2 Å². The Hall–Kier alpha value is -2.38. The predicted octanol–water partition coefficient (Wildman–Crippen LogP) is 7.08. The van der Waals surface area contributed by atoms with Crippen molar-refractivity contribution in [1.29, 1.82) is 0 Å². The molecule has 3 aromatic carbocycles. The van der Waals surface area contributed by atoms with Crippen LogP contribution in [-0.4, -0.2) is 28.5 Å². The summed E-state index contributed by atoms with van der Waals surface area (Å²) in [6.45, 7) is 6.11. The van der Waals surface area contributed by atoms with Gasteiger partial charge in [0.05, 0.1) is 12.0 Å². The molecule has 0 aromatic heterocycles. The van der Waals surface area contributed by atoms with Crippen LogP contribution in [0, 0.1) is 27.9 Å². The zero-order chi connectivity index (χ0) is 26.7. The molecule has 9 heteroatoms. The first kappa shape index (κ1) is 27.6. The summed E-state index contributed by atoms with van der Waals surface area (Å²) in [4.78, 5) is 39.3. The van der Waals surface area contributed by atoms with Gasteiger partial charge in [-0.1, -0.05) is 35.9 Å². The minimum Gasteiger partial charge on any atom is -0.487 e. The van der Waals surface area contributed by atoms with Crippen molar-refractivity contribution >= 4 is 85.8 Å². The molecular formula is C28H24I2N2O4S. The van der Waals surface area contributed by atoms with Gasteiger partial charge in [-0.15, -0.1) is 0 Å². The van der Waals surface area contributed by atoms with Crippen molar-refractivity contribution in [2.75, 3.05) is 11.9 Å². The number of rotatable bonds is 7. The summed E-state index contributed by atoms with van der Waals surface area (Å²) in [5, 5.41) is 2.30. The van der Waals surface area contributed by atoms with E-state index in [-0.39, 0.29) is 11.4 Å². The molecule has 0 radical (unpaired) electrons. The molecule has 1 aliphatic rings. The van der Waals surface area contributed by atoms with Crippen molar-refractivity contribution in [3.8, 4) is 5.75 Å². The molecule has 1 N–H and O–H groups in total. The van der Waals surface area contributed by atoms with E-state index in [1.165, 1.54) is 5.56 Å². The average molecular weight is 738 g/mol. The largest absolute Gasteiger partial charge is 0.487 e. The summed E-state index contributed by atoms with van der Waals surface area (Å²) in [6.07, 6.45) is 1.68. The number of amides is 3. The molecular weight excluding hydrogens is 714 g/mol. The molecule has 0 spiro atoms. The van der Waals surface area contributed by atoms with Crippen molar-refractivity contribution in [3.05, 3.63) is 94.5 Å². The first-order chi connectivity index (χ1) is 17.6. The molecule has 190 valence electrons. The van der Waals surface area contributed by atoms with E-state index in [1.807, 2.05) is 63.2 Å². The first-order valence-corrected chi connectivity index (χ1v) is 14.4. The molecule has 1 heterocycles. The summed E-state index contributed by atoms with van der Waals surface area (Å²) >= 11 is 5.26. The Balaban J connectivity index is 1.43. The van der Waals surface area contributed by atoms with Crippen LogP contribution in [0.3, 0.4) is 0 Å². The zero-order valence-corrected chi connectivity index (χ0v) is 25.6. The third-order valence-electron chi connectivity index (χ3n) is 5.75. The van der Waals surface area contributed by atoms with E-state index in [9.17, 15) is 14.4 Å². The van der Waals surface area contributed by atoms with Crippen molar-refractivity contribution in [3.63, 3.8) is 0 Å². The van der Waals surface area contributed by atoms with Gasteiger partial charge in [0.25, 0.3) is 11.1 Å². The van der Waals surface area contributed by atoms with E-state index in [0.717, 1.165) is 51.8 Å². The quantitative estimate of drug-likeness (QED) is 0.208. The molecule has 1 saturated heterocycles. The number of nitrogens with zero attached hydrogens (tertiary/aromatic N) is 1. The van der Waals surface area contributed by atoms with Gasteiger partial charge < -0.3 is 10.1 Å². The molecule has 0 unspecified atom stereocenters. The molecule has 0 bridgehead atoms. The summed E-state index contributed by atoms with van der Waals surface area (Å²) < 4.78 is 7.88. The number of hydrogen-bond donors (Lipinski definition) is 1. The number of imide groups is 1. The number of ether oxygens (including phenoxy) is 1. The van der Waals surface area contributed by atoms with Gasteiger partial charge >= 0.3 is 0 Å². The lowest BCUT2D eigenvalue weighted by atomic mass is 10.1. The lowest BCUT2D eigenvalue weighted by Gasteiger charge is -2.13. The molecule has 1 fully saturated rings. The number of nitrogens with one attached hydrogen (secondary N) is 1. The molecule has 3 aromatic rings. The van der Waals surface area contributed by atoms with Gasteiger partial charge in [0, 0.05) is 5.69 Å². The highest BCUT2D eigenvalue weighted by Gasteiger charge is 2.36. The monoisotopic (exact) mass is 738 g/mol. The van der Waals surface area contributed by atoms with E-state index in [2.05, 4.69) is 56.6 Å². The topological polar surface area (TPSA) is 75.7 Å². The fourth-order valence-electron chi connectivity index (χ4n) is 3.71. The number of anilines is 1. The van der Waals surface area contributed by atoms with Crippen LogP contribution in [0.2, 0.25) is 0 Å². The lowest BCUT2D eigenvalue weighted by molar-refractivity contribution is -0.127. The Kier molecular flexibility index (Phi) is 8.96. The maximum Gasteiger partial charge on any atom is 0.294 e. The Bertz CT molecular complexity index is 1410. The van der Waals surface area contributed by atoms with Gasteiger partial charge in [-0.25, -0.2) is 0 Å². The number of carbonyl (C=O) groups is 3. The third kappa shape index (κ3) is 6.94. The van der Waals surface area contributed by atoms with Gasteiger partial charge in [-0.3, -0.25) is 19.3 Å². The van der Waals surface area contributed by atoms with Gasteiger partial charge in [0.2, 0.25) is 5.91 Å². The third-order valence-corrected chi connectivity index (χ3v) is 8.26. The summed E-state index contributed by atoms with van der Waals surface area (Å²) in [5.74, 6) is -0.128. The standard InChI is InChI=1S/C28H24I2N2O4S/c1-16-5-4-6-19(9-16)15-36-26-22(29)11-20(12-23(26)30)13-24-27(34)32(28(35)37-24)14-25(33)31-21-8-7-17(2)18(3)10-21/h4-13H,14-15H2,1-3H3,(H,31,33)/b24-13+. The van der Waals surface area contributed by atoms with Crippen LogP contribution in [0.15, 0.2) is 59.5 Å². The molecule has 6 nitrogen and oxygen atoms in total. The van der Waals surface area contributed by atoms with Crippen molar-refractivity contribution in [2.24, 2.45) is 0 Å². The van der Waals surface area contributed by atoms with Crippen LogP contribution in [0.5, 0.6) is 5.75 Å². The fourth-order valence-corrected chi connectivity index (χ4v) is 6.68. The molecule has 1 aliphatic heterocycles. The van der Waals surface area contributed by atoms with Crippen LogP contribution >= 0.6 is 56.9 Å². The van der Waals surface area contributed by atoms with Crippen molar-refractivity contribution in [1.82, 2.24) is 4.90 Å². The second kappa shape index (κ2) is 12.0. The van der Waals surface area contributed by atoms with E-state index in [1.54, 1.807) is 12.1 Å². The number of thioether (sulfide) groups is 1. The highest BCUT2D eigenvalue weighted by Crippen LogP contribution is 2.35. The van der Waals surface area contributed by atoms with Crippen molar-refractivity contribution < 1.29 is 19.1 Å². The van der Waals surface area contributed by atoms with Gasteiger partial charge in [-0.2, -0.15) is 0 Å². The van der Waals surface area contributed by atoms with E-state index in [0.29, 0.717) is 12.3 Å². The van der Waals surface area contributed by atoms with E-state index in [4.69, 9.17) is 4.74 Å². The molecule has 4 rings (SSSR count). The second-order valence-electron chi connectivity index (χ2n) is 8.71. The van der Waals surface area contributed by atoms with Gasteiger partial charge in [0.15, 0.2) is 0 Å². The maximum atomic E-state index is 12.9. The van der Waals surface area contributed by atoms with Crippen LogP contribution in [0.4, 0.5) is 10.5 Å². The molecule has 37 heavy (non-hydrogen) atoms. The van der Waals surface area contributed by atoms with Gasteiger partial charge in [0.1, 0.15) is 18.9 Å².